The third-order valence-electron chi connectivity index (χ3n) is 4.19. The smallest absolute Gasteiger partial charge is 0.0705 e. The van der Waals surface area contributed by atoms with Crippen molar-refractivity contribution in [1.29, 1.82) is 0 Å². The van der Waals surface area contributed by atoms with Gasteiger partial charge in [0.25, 0.3) is 0 Å². The van der Waals surface area contributed by atoms with Crippen LogP contribution in [0.1, 0.15) is 24.0 Å². The fourth-order valence-corrected chi connectivity index (χ4v) is 3.11. The summed E-state index contributed by atoms with van der Waals surface area (Å²) in [7, 11) is 0. The molecule has 1 heterocycles. The Kier molecular flexibility index (Phi) is 2.46. The lowest BCUT2D eigenvalue weighted by Crippen LogP contribution is -1.91. The quantitative estimate of drug-likeness (QED) is 0.605. The molecule has 4 rings (SSSR count). The second-order valence-electron chi connectivity index (χ2n) is 5.33. The monoisotopic (exact) mass is 257 g/mol. The Balaban J connectivity index is 1.89. The van der Waals surface area contributed by atoms with Crippen molar-refractivity contribution in [3.63, 3.8) is 0 Å². The summed E-state index contributed by atoms with van der Waals surface area (Å²) in [5, 5.41) is 0. The van der Waals surface area contributed by atoms with Crippen molar-refractivity contribution in [2.75, 3.05) is 0 Å². The summed E-state index contributed by atoms with van der Waals surface area (Å²) in [6.45, 7) is 2.28. The van der Waals surface area contributed by atoms with E-state index in [-0.39, 0.29) is 0 Å². The lowest BCUT2D eigenvalue weighted by atomic mass is 9.98. The van der Waals surface area contributed by atoms with Crippen molar-refractivity contribution in [2.24, 2.45) is 0 Å². The Bertz CT molecular complexity index is 775. The second-order valence-corrected chi connectivity index (χ2v) is 5.33. The number of hydrogen-bond donors (Lipinski definition) is 0. The Hall–Kier alpha value is -2.41. The van der Waals surface area contributed by atoms with Crippen LogP contribution in [0.5, 0.6) is 0 Å². The van der Waals surface area contributed by atoms with Gasteiger partial charge in [-0.25, -0.2) is 0 Å². The number of fused-ring (bicyclic) bond motifs is 3. The van der Waals surface area contributed by atoms with Crippen molar-refractivity contribution >= 4 is 0 Å². The van der Waals surface area contributed by atoms with Crippen LogP contribution in [-0.2, 0) is 0 Å². The molecule has 1 atom stereocenters. The molecule has 1 heteroatoms. The number of nitrogens with zero attached hydrogens (tertiary/aromatic N) is 1. The lowest BCUT2D eigenvalue weighted by Gasteiger charge is -2.08. The van der Waals surface area contributed by atoms with Gasteiger partial charge >= 0.3 is 0 Å². The van der Waals surface area contributed by atoms with Crippen LogP contribution in [0, 0.1) is 0 Å². The van der Waals surface area contributed by atoms with Crippen molar-refractivity contribution in [1.82, 2.24) is 4.98 Å². The minimum absolute atomic E-state index is 0.451. The molecule has 3 aromatic rings. The van der Waals surface area contributed by atoms with E-state index < -0.39 is 0 Å². The van der Waals surface area contributed by atoms with Gasteiger partial charge in [-0.15, -0.1) is 0 Å². The Morgan fingerprint density at radius 3 is 2.40 bits per heavy atom. The van der Waals surface area contributed by atoms with E-state index in [1.165, 1.54) is 27.8 Å². The van der Waals surface area contributed by atoms with Crippen LogP contribution in [0.3, 0.4) is 0 Å². The van der Waals surface area contributed by atoms with Crippen LogP contribution in [0.2, 0.25) is 0 Å². The van der Waals surface area contributed by atoms with Crippen LogP contribution < -0.4 is 0 Å². The summed E-state index contributed by atoms with van der Waals surface area (Å²) in [5.41, 5.74) is 7.66. The Morgan fingerprint density at radius 2 is 1.55 bits per heavy atom. The van der Waals surface area contributed by atoms with E-state index in [1.807, 2.05) is 12.3 Å². The van der Waals surface area contributed by atoms with Crippen LogP contribution >= 0.6 is 0 Å². The summed E-state index contributed by atoms with van der Waals surface area (Å²) in [6, 6.07) is 21.3. The van der Waals surface area contributed by atoms with Crippen molar-refractivity contribution in [3.8, 4) is 22.4 Å². The van der Waals surface area contributed by atoms with Gasteiger partial charge in [-0.1, -0.05) is 61.5 Å². The van der Waals surface area contributed by atoms with Crippen molar-refractivity contribution in [2.45, 2.75) is 12.8 Å². The van der Waals surface area contributed by atoms with E-state index in [0.717, 1.165) is 5.69 Å². The van der Waals surface area contributed by atoms with Gasteiger partial charge in [0, 0.05) is 23.2 Å². The molecule has 0 saturated heterocycles. The molecule has 96 valence electrons. The maximum absolute atomic E-state index is 4.65. The first-order valence-electron chi connectivity index (χ1n) is 6.99. The van der Waals surface area contributed by atoms with Gasteiger partial charge in [0.1, 0.15) is 0 Å². The molecule has 1 nitrogen and oxygen atoms in total. The van der Waals surface area contributed by atoms with Gasteiger partial charge in [0.15, 0.2) is 0 Å². The molecule has 1 aliphatic carbocycles. The average Bonchev–Trinajstić information content (AvgIpc) is 2.81. The highest BCUT2D eigenvalue weighted by molar-refractivity contribution is 5.80. The maximum Gasteiger partial charge on any atom is 0.0705 e. The van der Waals surface area contributed by atoms with Gasteiger partial charge in [-0.2, -0.15) is 0 Å². The first-order valence-corrected chi connectivity index (χ1v) is 6.99. The number of pyridine rings is 1. The summed E-state index contributed by atoms with van der Waals surface area (Å²) in [5.74, 6) is 0.451. The molecule has 0 aliphatic heterocycles. The largest absolute Gasteiger partial charge is 0.256 e. The van der Waals surface area contributed by atoms with Crippen LogP contribution in [-0.4, -0.2) is 4.98 Å². The number of hydrogen-bond acceptors (Lipinski definition) is 1. The molecule has 0 N–H and O–H groups in total. The van der Waals surface area contributed by atoms with E-state index in [1.54, 1.807) is 0 Å². The van der Waals surface area contributed by atoms with E-state index in [2.05, 4.69) is 66.5 Å². The Labute approximate surface area is 118 Å². The molecule has 0 radical (unpaired) electrons. The normalized spacial score (nSPS) is 15.8. The molecule has 2 aromatic carbocycles. The molecule has 0 saturated carbocycles. The predicted molar refractivity (Wildman–Crippen MR) is 82.6 cm³/mol. The fourth-order valence-electron chi connectivity index (χ4n) is 3.11. The molecule has 0 spiro atoms. The minimum atomic E-state index is 0.451. The molecular formula is C19H15N. The van der Waals surface area contributed by atoms with E-state index in [9.17, 15) is 0 Å². The number of aromatic nitrogens is 1. The highest BCUT2D eigenvalue weighted by atomic mass is 14.7. The molecule has 1 unspecified atom stereocenters. The van der Waals surface area contributed by atoms with Crippen molar-refractivity contribution in [3.05, 3.63) is 78.0 Å². The molecule has 20 heavy (non-hydrogen) atoms. The lowest BCUT2D eigenvalue weighted by molar-refractivity contribution is 0.954. The first-order chi connectivity index (χ1) is 9.84. The molecule has 1 aromatic heterocycles. The SMILES string of the molecule is CC1c2ccccc2-c2cnc(-c3ccccc3)cc21. The zero-order chi connectivity index (χ0) is 13.5. The van der Waals surface area contributed by atoms with E-state index in [0.29, 0.717) is 5.92 Å². The van der Waals surface area contributed by atoms with Crippen LogP contribution in [0.4, 0.5) is 0 Å². The van der Waals surface area contributed by atoms with Gasteiger partial charge in [0.2, 0.25) is 0 Å². The molecular weight excluding hydrogens is 242 g/mol. The highest BCUT2D eigenvalue weighted by Crippen LogP contribution is 2.44. The maximum atomic E-state index is 4.65. The predicted octanol–water partition coefficient (Wildman–Crippen LogP) is 4.88. The summed E-state index contributed by atoms with van der Waals surface area (Å²) in [4.78, 5) is 4.65. The number of rotatable bonds is 1. The molecule has 0 fully saturated rings. The molecule has 0 amide bonds. The minimum Gasteiger partial charge on any atom is -0.256 e. The van der Waals surface area contributed by atoms with Crippen LogP contribution in [0.15, 0.2) is 66.9 Å². The fraction of sp³-hybridized carbons (Fsp3) is 0.105. The van der Waals surface area contributed by atoms with Crippen molar-refractivity contribution < 1.29 is 0 Å². The molecule has 1 aliphatic rings. The zero-order valence-electron chi connectivity index (χ0n) is 11.4. The molecule has 0 bridgehead atoms. The van der Waals surface area contributed by atoms with Crippen LogP contribution in [0.25, 0.3) is 22.4 Å². The van der Waals surface area contributed by atoms with Gasteiger partial charge in [-0.05, 0) is 22.8 Å². The van der Waals surface area contributed by atoms with Gasteiger partial charge in [-0.3, -0.25) is 4.98 Å². The van der Waals surface area contributed by atoms with Gasteiger partial charge in [0.05, 0.1) is 5.69 Å². The first kappa shape index (κ1) is 11.4. The Morgan fingerprint density at radius 1 is 0.800 bits per heavy atom. The average molecular weight is 257 g/mol. The second kappa shape index (κ2) is 4.31. The number of benzene rings is 2. The highest BCUT2D eigenvalue weighted by Gasteiger charge is 2.25. The summed E-state index contributed by atoms with van der Waals surface area (Å²) < 4.78 is 0. The van der Waals surface area contributed by atoms with E-state index in [4.69, 9.17) is 0 Å². The summed E-state index contributed by atoms with van der Waals surface area (Å²) in [6.07, 6.45) is 2.03. The zero-order valence-corrected chi connectivity index (χ0v) is 11.4. The standard InChI is InChI=1S/C19H15N/c1-13-15-9-5-6-10-16(15)18-12-20-19(11-17(13)18)14-7-3-2-4-8-14/h2-13H,1H3. The summed E-state index contributed by atoms with van der Waals surface area (Å²) >= 11 is 0. The third-order valence-corrected chi connectivity index (χ3v) is 4.19. The third kappa shape index (κ3) is 1.60. The topological polar surface area (TPSA) is 12.9 Å². The van der Waals surface area contributed by atoms with E-state index >= 15 is 0 Å². The van der Waals surface area contributed by atoms with Gasteiger partial charge < -0.3 is 0 Å².